The van der Waals surface area contributed by atoms with Crippen molar-refractivity contribution in [3.05, 3.63) is 125 Å². The number of hydrogen-bond donors (Lipinski definition) is 3. The normalized spacial score (nSPS) is 15.3. The molecule has 3 amide bonds. The lowest BCUT2D eigenvalue weighted by Gasteiger charge is -2.19. The predicted octanol–water partition coefficient (Wildman–Crippen LogP) is 5.63. The minimum atomic E-state index is -0.989. The maximum absolute atomic E-state index is 13.2. The molecular formula is C27H23ClN4O3. The summed E-state index contributed by atoms with van der Waals surface area (Å²) in [6.45, 7) is 1.87. The monoisotopic (exact) mass is 486 g/mol. The molecule has 1 unspecified atom stereocenters. The highest BCUT2D eigenvalue weighted by Gasteiger charge is 2.24. The van der Waals surface area contributed by atoms with E-state index in [1.165, 1.54) is 6.20 Å². The Hall–Kier alpha value is -4.20. The number of anilines is 1. The highest BCUT2D eigenvalue weighted by molar-refractivity contribution is 6.30. The smallest absolute Gasteiger partial charge is 0.320 e. The molecule has 35 heavy (non-hydrogen) atoms. The molecule has 0 saturated carbocycles. The quantitative estimate of drug-likeness (QED) is 0.521. The van der Waals surface area contributed by atoms with Crippen molar-refractivity contribution < 1.29 is 14.8 Å². The van der Waals surface area contributed by atoms with Crippen LogP contribution in [0.2, 0.25) is 5.02 Å². The van der Waals surface area contributed by atoms with Gasteiger partial charge < -0.3 is 10.6 Å². The van der Waals surface area contributed by atoms with Gasteiger partial charge in [-0.1, -0.05) is 54.1 Å². The molecule has 0 spiro atoms. The zero-order valence-corrected chi connectivity index (χ0v) is 19.6. The fourth-order valence-electron chi connectivity index (χ4n) is 3.58. The molecule has 4 rings (SSSR count). The molecule has 0 bridgehead atoms. The van der Waals surface area contributed by atoms with Crippen molar-refractivity contribution in [3.8, 4) is 0 Å². The van der Waals surface area contributed by atoms with Crippen molar-refractivity contribution in [1.29, 1.82) is 0 Å². The van der Waals surface area contributed by atoms with Gasteiger partial charge in [-0.25, -0.2) is 14.9 Å². The first kappa shape index (κ1) is 23.9. The summed E-state index contributed by atoms with van der Waals surface area (Å²) in [6.07, 6.45) is 13.7. The van der Waals surface area contributed by atoms with Crippen molar-refractivity contribution in [2.24, 2.45) is 4.99 Å². The number of aryl methyl sites for hydroxylation is 1. The average Bonchev–Trinajstić information content (AvgIpc) is 2.85. The fourth-order valence-corrected chi connectivity index (χ4v) is 3.70. The number of hydrogen-bond acceptors (Lipinski definition) is 4. The Kier molecular flexibility index (Phi) is 7.40. The number of carbonyl (C=O) groups excluding carboxylic acids is 2. The third-order valence-corrected chi connectivity index (χ3v) is 5.62. The Morgan fingerprint density at radius 3 is 2.37 bits per heavy atom. The van der Waals surface area contributed by atoms with Crippen LogP contribution in [0.5, 0.6) is 0 Å². The Balaban J connectivity index is 1.55. The molecule has 0 radical (unpaired) electrons. The summed E-state index contributed by atoms with van der Waals surface area (Å²) in [5.74, 6) is -0.518. The van der Waals surface area contributed by atoms with Crippen LogP contribution in [0, 0.1) is 6.92 Å². The number of rotatable bonds is 4. The van der Waals surface area contributed by atoms with Gasteiger partial charge in [0.2, 0.25) is 0 Å². The van der Waals surface area contributed by atoms with E-state index in [1.54, 1.807) is 72.9 Å². The third kappa shape index (κ3) is 6.03. The number of hydroxylamine groups is 2. The first-order valence-electron chi connectivity index (χ1n) is 10.9. The highest BCUT2D eigenvalue weighted by Crippen LogP contribution is 2.22. The molecule has 8 heteroatoms. The number of nitrogens with one attached hydrogen (secondary N) is 2. The van der Waals surface area contributed by atoms with E-state index in [4.69, 9.17) is 11.6 Å². The van der Waals surface area contributed by atoms with Crippen molar-refractivity contribution in [2.45, 2.75) is 13.0 Å². The lowest BCUT2D eigenvalue weighted by Crippen LogP contribution is -2.37. The van der Waals surface area contributed by atoms with E-state index in [1.807, 2.05) is 25.1 Å². The average molecular weight is 487 g/mol. The summed E-state index contributed by atoms with van der Waals surface area (Å²) in [6, 6.07) is 12.4. The summed E-state index contributed by atoms with van der Waals surface area (Å²) in [7, 11) is 0. The van der Waals surface area contributed by atoms with E-state index >= 15 is 0 Å². The zero-order chi connectivity index (χ0) is 24.8. The molecule has 1 aliphatic heterocycles. The molecule has 3 N–H and O–H groups in total. The van der Waals surface area contributed by atoms with Crippen LogP contribution < -0.4 is 10.6 Å². The van der Waals surface area contributed by atoms with Crippen LogP contribution in [0.3, 0.4) is 0 Å². The van der Waals surface area contributed by atoms with E-state index in [-0.39, 0.29) is 0 Å². The lowest BCUT2D eigenvalue weighted by atomic mass is 10.0. The van der Waals surface area contributed by atoms with Gasteiger partial charge in [0.1, 0.15) is 6.04 Å². The second-order valence-electron chi connectivity index (χ2n) is 7.82. The number of allylic oxidation sites excluding steroid dienone is 8. The molecule has 7 nitrogen and oxygen atoms in total. The Morgan fingerprint density at radius 1 is 0.971 bits per heavy atom. The number of aliphatic imine (C=N–C) groups is 1. The maximum atomic E-state index is 13.2. The highest BCUT2D eigenvalue weighted by atomic mass is 35.5. The number of benzene rings is 2. The minimum absolute atomic E-state index is 0.428. The largest absolute Gasteiger partial charge is 0.322 e. The SMILES string of the molecule is Cc1ccccc1C(NC(=O)Nc1ccc(Cl)cc1)C(=O)N=C1C=CC(=C2C=CC=CN2O)C=C1. The predicted molar refractivity (Wildman–Crippen MR) is 137 cm³/mol. The van der Waals surface area contributed by atoms with E-state index in [0.29, 0.717) is 27.7 Å². The molecule has 0 saturated heterocycles. The number of halogens is 1. The molecule has 1 aliphatic carbocycles. The molecule has 2 aliphatic rings. The molecule has 1 atom stereocenters. The van der Waals surface area contributed by atoms with Gasteiger partial charge in [0.15, 0.2) is 0 Å². The van der Waals surface area contributed by atoms with Crippen molar-refractivity contribution >= 4 is 34.9 Å². The van der Waals surface area contributed by atoms with E-state index in [0.717, 1.165) is 16.2 Å². The Morgan fingerprint density at radius 2 is 1.69 bits per heavy atom. The second kappa shape index (κ2) is 10.8. The Labute approximate surface area is 208 Å². The first-order valence-corrected chi connectivity index (χ1v) is 11.2. The van der Waals surface area contributed by atoms with Crippen molar-refractivity contribution in [1.82, 2.24) is 10.4 Å². The molecule has 176 valence electrons. The lowest BCUT2D eigenvalue weighted by molar-refractivity contribution is -0.119. The summed E-state index contributed by atoms with van der Waals surface area (Å²) in [5.41, 5.74) is 3.82. The van der Waals surface area contributed by atoms with Crippen molar-refractivity contribution in [3.63, 3.8) is 0 Å². The maximum Gasteiger partial charge on any atom is 0.320 e. The number of amides is 3. The van der Waals surface area contributed by atoms with E-state index in [9.17, 15) is 14.8 Å². The van der Waals surface area contributed by atoms with Gasteiger partial charge in [-0.05, 0) is 66.6 Å². The molecule has 2 aromatic rings. The van der Waals surface area contributed by atoms with Crippen LogP contribution in [0.4, 0.5) is 10.5 Å². The van der Waals surface area contributed by atoms with Crippen LogP contribution in [-0.4, -0.2) is 27.9 Å². The standard InChI is InChI=1S/C27H23ClN4O3/c1-18-6-2-3-7-23(18)25(31-27(34)30-22-15-11-20(28)12-16-22)26(33)29-21-13-9-19(10-14-21)24-8-4-5-17-32(24)35/h2-17,25,35H,1H3,(H2,30,31,34). The van der Waals surface area contributed by atoms with Gasteiger partial charge in [0, 0.05) is 22.5 Å². The third-order valence-electron chi connectivity index (χ3n) is 5.37. The van der Waals surface area contributed by atoms with Gasteiger partial charge in [-0.3, -0.25) is 10.0 Å². The van der Waals surface area contributed by atoms with Gasteiger partial charge in [-0.15, -0.1) is 0 Å². The number of carbonyl (C=O) groups is 2. The summed E-state index contributed by atoms with van der Waals surface area (Å²) < 4.78 is 0. The first-order chi connectivity index (χ1) is 16.9. The molecule has 0 fully saturated rings. The second-order valence-corrected chi connectivity index (χ2v) is 8.26. The summed E-state index contributed by atoms with van der Waals surface area (Å²) >= 11 is 5.90. The minimum Gasteiger partial charge on any atom is -0.322 e. The van der Waals surface area contributed by atoms with Crippen LogP contribution in [0.1, 0.15) is 17.2 Å². The molecular weight excluding hydrogens is 464 g/mol. The van der Waals surface area contributed by atoms with Gasteiger partial charge >= 0.3 is 6.03 Å². The number of urea groups is 1. The van der Waals surface area contributed by atoms with Crippen LogP contribution in [0.25, 0.3) is 0 Å². The van der Waals surface area contributed by atoms with Crippen LogP contribution in [0.15, 0.2) is 114 Å². The van der Waals surface area contributed by atoms with E-state index in [2.05, 4.69) is 15.6 Å². The zero-order valence-electron chi connectivity index (χ0n) is 18.9. The molecule has 0 aromatic heterocycles. The van der Waals surface area contributed by atoms with Crippen molar-refractivity contribution in [2.75, 3.05) is 5.32 Å². The molecule has 1 heterocycles. The topological polar surface area (TPSA) is 94.0 Å². The summed E-state index contributed by atoms with van der Waals surface area (Å²) in [4.78, 5) is 30.2. The van der Waals surface area contributed by atoms with Gasteiger partial charge in [0.25, 0.3) is 5.91 Å². The summed E-state index contributed by atoms with van der Waals surface area (Å²) in [5, 5.41) is 17.0. The van der Waals surface area contributed by atoms with Gasteiger partial charge in [0.05, 0.1) is 11.4 Å². The Bertz CT molecular complexity index is 1300. The van der Waals surface area contributed by atoms with Gasteiger partial charge in [-0.2, -0.15) is 0 Å². The fraction of sp³-hybridized carbons (Fsp3) is 0.0741. The molecule has 2 aromatic carbocycles. The van der Waals surface area contributed by atoms with Crippen LogP contribution >= 0.6 is 11.6 Å². The van der Waals surface area contributed by atoms with E-state index < -0.39 is 18.0 Å². The number of nitrogens with zero attached hydrogens (tertiary/aromatic N) is 2. The van der Waals surface area contributed by atoms with Crippen LogP contribution in [-0.2, 0) is 4.79 Å².